The van der Waals surface area contributed by atoms with Gasteiger partial charge in [0.1, 0.15) is 5.82 Å². The molecule has 0 aliphatic carbocycles. The summed E-state index contributed by atoms with van der Waals surface area (Å²) in [7, 11) is 0. The fraction of sp³-hybridized carbons (Fsp3) is 0.588. The summed E-state index contributed by atoms with van der Waals surface area (Å²) in [5, 5.41) is 7.99. The number of nitrogens with one attached hydrogen (secondary N) is 1. The summed E-state index contributed by atoms with van der Waals surface area (Å²) in [5.74, 6) is 1.53. The lowest BCUT2D eigenvalue weighted by molar-refractivity contribution is 0.362. The number of pyridine rings is 1. The van der Waals surface area contributed by atoms with Gasteiger partial charge >= 0.3 is 5.69 Å². The number of rotatable bonds is 5. The molecule has 1 fully saturated rings. The highest BCUT2D eigenvalue weighted by molar-refractivity contribution is 5.10. The fourth-order valence-electron chi connectivity index (χ4n) is 3.24. The van der Waals surface area contributed by atoms with Crippen molar-refractivity contribution in [1.29, 1.82) is 0 Å². The number of nitrogens with zero attached hydrogens (tertiary/aromatic N) is 4. The van der Waals surface area contributed by atoms with Gasteiger partial charge in [0.2, 0.25) is 0 Å². The maximum atomic E-state index is 12.6. The van der Waals surface area contributed by atoms with E-state index in [-0.39, 0.29) is 5.69 Å². The summed E-state index contributed by atoms with van der Waals surface area (Å²) in [4.78, 5) is 17.0. The van der Waals surface area contributed by atoms with Crippen LogP contribution in [0.15, 0.2) is 23.0 Å². The van der Waals surface area contributed by atoms with Crippen molar-refractivity contribution in [2.75, 3.05) is 13.1 Å². The van der Waals surface area contributed by atoms with E-state index >= 15 is 0 Å². The van der Waals surface area contributed by atoms with Crippen LogP contribution in [0.5, 0.6) is 0 Å². The maximum Gasteiger partial charge on any atom is 0.346 e. The van der Waals surface area contributed by atoms with E-state index in [4.69, 9.17) is 0 Å². The number of piperidine rings is 1. The van der Waals surface area contributed by atoms with Crippen molar-refractivity contribution >= 4 is 0 Å². The van der Waals surface area contributed by atoms with Gasteiger partial charge in [0.05, 0.1) is 12.2 Å². The molecule has 2 aromatic heterocycles. The van der Waals surface area contributed by atoms with E-state index in [0.717, 1.165) is 49.6 Å². The first-order chi connectivity index (χ1) is 11.2. The van der Waals surface area contributed by atoms with Crippen LogP contribution in [0, 0.1) is 12.8 Å². The Hall–Kier alpha value is -1.95. The minimum Gasteiger partial charge on any atom is -0.317 e. The molecule has 23 heavy (non-hydrogen) atoms. The molecule has 124 valence electrons. The summed E-state index contributed by atoms with van der Waals surface area (Å²) in [6.07, 6.45) is 3.20. The van der Waals surface area contributed by atoms with Crippen LogP contribution >= 0.6 is 0 Å². The van der Waals surface area contributed by atoms with Crippen LogP contribution in [0.2, 0.25) is 0 Å². The highest BCUT2D eigenvalue weighted by Gasteiger charge is 2.19. The molecule has 0 unspecified atom stereocenters. The van der Waals surface area contributed by atoms with Crippen molar-refractivity contribution in [3.8, 4) is 0 Å². The molecule has 0 bridgehead atoms. The van der Waals surface area contributed by atoms with E-state index in [9.17, 15) is 4.79 Å². The summed E-state index contributed by atoms with van der Waals surface area (Å²) in [6, 6.07) is 5.87. The van der Waals surface area contributed by atoms with E-state index in [1.807, 2.05) is 32.0 Å². The average molecular weight is 315 g/mol. The lowest BCUT2D eigenvalue weighted by Gasteiger charge is -2.21. The Morgan fingerprint density at radius 2 is 2.09 bits per heavy atom. The lowest BCUT2D eigenvalue weighted by atomic mass is 9.94. The van der Waals surface area contributed by atoms with Crippen LogP contribution in [0.3, 0.4) is 0 Å². The van der Waals surface area contributed by atoms with E-state index in [1.165, 1.54) is 0 Å². The highest BCUT2D eigenvalue weighted by Crippen LogP contribution is 2.16. The van der Waals surface area contributed by atoms with Gasteiger partial charge in [-0.1, -0.05) is 6.07 Å². The van der Waals surface area contributed by atoms with Gasteiger partial charge in [-0.25, -0.2) is 9.48 Å². The molecule has 0 saturated carbocycles. The monoisotopic (exact) mass is 315 g/mol. The maximum absolute atomic E-state index is 12.6. The zero-order valence-electron chi connectivity index (χ0n) is 14.0. The molecule has 3 heterocycles. The number of aromatic nitrogens is 4. The molecule has 1 saturated heterocycles. The number of hydrogen-bond donors (Lipinski definition) is 1. The van der Waals surface area contributed by atoms with Crippen LogP contribution < -0.4 is 11.0 Å². The van der Waals surface area contributed by atoms with Crippen molar-refractivity contribution in [2.24, 2.45) is 5.92 Å². The van der Waals surface area contributed by atoms with Crippen molar-refractivity contribution in [1.82, 2.24) is 24.6 Å². The minimum atomic E-state index is -0.0280. The van der Waals surface area contributed by atoms with Gasteiger partial charge in [-0.2, -0.15) is 5.10 Å². The van der Waals surface area contributed by atoms with Crippen LogP contribution in [0.25, 0.3) is 0 Å². The largest absolute Gasteiger partial charge is 0.346 e. The minimum absolute atomic E-state index is 0.0280. The molecule has 1 N–H and O–H groups in total. The Bertz CT molecular complexity index is 712. The predicted octanol–water partition coefficient (Wildman–Crippen LogP) is 1.36. The lowest BCUT2D eigenvalue weighted by Crippen LogP contribution is -2.30. The van der Waals surface area contributed by atoms with Gasteiger partial charge in [-0.3, -0.25) is 9.55 Å². The predicted molar refractivity (Wildman–Crippen MR) is 89.5 cm³/mol. The molecular formula is C17H25N5O. The van der Waals surface area contributed by atoms with Crippen molar-refractivity contribution < 1.29 is 0 Å². The van der Waals surface area contributed by atoms with Gasteiger partial charge in [0, 0.05) is 18.7 Å². The van der Waals surface area contributed by atoms with Crippen LogP contribution in [0.4, 0.5) is 0 Å². The van der Waals surface area contributed by atoms with E-state index in [1.54, 1.807) is 9.25 Å². The molecule has 6 nitrogen and oxygen atoms in total. The number of aryl methyl sites for hydroxylation is 1. The second-order valence-electron chi connectivity index (χ2n) is 6.27. The third kappa shape index (κ3) is 3.69. The molecule has 0 atom stereocenters. The van der Waals surface area contributed by atoms with Gasteiger partial charge in [0.25, 0.3) is 0 Å². The molecule has 0 aromatic carbocycles. The molecule has 0 amide bonds. The fourth-order valence-corrected chi connectivity index (χ4v) is 3.24. The summed E-state index contributed by atoms with van der Waals surface area (Å²) >= 11 is 0. The second kappa shape index (κ2) is 7.08. The van der Waals surface area contributed by atoms with Gasteiger partial charge in [-0.05, 0) is 57.8 Å². The normalized spacial score (nSPS) is 15.9. The molecule has 0 spiro atoms. The van der Waals surface area contributed by atoms with Crippen molar-refractivity contribution in [3.63, 3.8) is 0 Å². The third-order valence-corrected chi connectivity index (χ3v) is 4.50. The molecule has 3 rings (SSSR count). The SMILES string of the molecule is CCn1c(CC2CCNCC2)nn(Cc2cccc(C)n2)c1=O. The van der Waals surface area contributed by atoms with Crippen molar-refractivity contribution in [3.05, 3.63) is 45.9 Å². The highest BCUT2D eigenvalue weighted by atomic mass is 16.2. The third-order valence-electron chi connectivity index (χ3n) is 4.50. The average Bonchev–Trinajstić information content (AvgIpc) is 2.83. The van der Waals surface area contributed by atoms with Crippen molar-refractivity contribution in [2.45, 2.75) is 46.2 Å². The van der Waals surface area contributed by atoms with E-state index < -0.39 is 0 Å². The van der Waals surface area contributed by atoms with E-state index in [2.05, 4.69) is 15.4 Å². The van der Waals surface area contributed by atoms with Crippen LogP contribution in [0.1, 0.15) is 37.0 Å². The Morgan fingerprint density at radius 3 is 2.78 bits per heavy atom. The Morgan fingerprint density at radius 1 is 1.30 bits per heavy atom. The molecule has 2 aromatic rings. The first-order valence-electron chi connectivity index (χ1n) is 8.47. The molecule has 6 heteroatoms. The van der Waals surface area contributed by atoms with E-state index in [0.29, 0.717) is 19.0 Å². The topological polar surface area (TPSA) is 64.7 Å². The zero-order chi connectivity index (χ0) is 16.2. The Labute approximate surface area is 136 Å². The zero-order valence-corrected chi connectivity index (χ0v) is 14.0. The van der Waals surface area contributed by atoms with Gasteiger partial charge in [0.15, 0.2) is 0 Å². The Kier molecular flexibility index (Phi) is 4.91. The van der Waals surface area contributed by atoms with Crippen LogP contribution in [-0.4, -0.2) is 32.4 Å². The van der Waals surface area contributed by atoms with Crippen LogP contribution in [-0.2, 0) is 19.5 Å². The second-order valence-corrected chi connectivity index (χ2v) is 6.27. The number of hydrogen-bond acceptors (Lipinski definition) is 4. The molecule has 1 aliphatic rings. The summed E-state index contributed by atoms with van der Waals surface area (Å²) in [5.41, 5.74) is 1.81. The standard InChI is InChI=1S/C17H25N5O/c1-3-21-16(11-14-7-9-18-10-8-14)20-22(17(21)23)12-15-6-4-5-13(2)19-15/h4-6,14,18H,3,7-12H2,1-2H3. The smallest absolute Gasteiger partial charge is 0.317 e. The van der Waals surface area contributed by atoms with Gasteiger partial charge in [-0.15, -0.1) is 0 Å². The molecule has 1 aliphatic heterocycles. The molecule has 0 radical (unpaired) electrons. The first kappa shape index (κ1) is 15.9. The van der Waals surface area contributed by atoms with Gasteiger partial charge < -0.3 is 5.32 Å². The molecular weight excluding hydrogens is 290 g/mol. The Balaban J connectivity index is 1.82. The first-order valence-corrected chi connectivity index (χ1v) is 8.47. The quantitative estimate of drug-likeness (QED) is 0.905. The summed E-state index contributed by atoms with van der Waals surface area (Å²) in [6.45, 7) is 7.20. The summed E-state index contributed by atoms with van der Waals surface area (Å²) < 4.78 is 3.36.